The second-order valence-corrected chi connectivity index (χ2v) is 6.49. The molecule has 0 N–H and O–H groups in total. The summed E-state index contributed by atoms with van der Waals surface area (Å²) in [7, 11) is 0. The number of benzene rings is 1. The SMILES string of the molecule is O=C1CC2(CCSC2)C(=O)N1CC=Cc1ccccc1. The zero-order valence-corrected chi connectivity index (χ0v) is 12.1. The van der Waals surface area contributed by atoms with E-state index in [1.165, 1.54) is 4.90 Å². The van der Waals surface area contributed by atoms with E-state index in [2.05, 4.69) is 0 Å². The number of carbonyl (C=O) groups excluding carboxylic acids is 2. The van der Waals surface area contributed by atoms with Crippen LogP contribution in [0.5, 0.6) is 0 Å². The fraction of sp³-hybridized carbons (Fsp3) is 0.375. The molecule has 2 saturated heterocycles. The molecule has 1 aromatic rings. The summed E-state index contributed by atoms with van der Waals surface area (Å²) in [5, 5.41) is 0. The van der Waals surface area contributed by atoms with Crippen LogP contribution in [0.3, 0.4) is 0 Å². The Morgan fingerprint density at radius 1 is 1.25 bits per heavy atom. The third-order valence-electron chi connectivity index (χ3n) is 3.99. The number of nitrogens with zero attached hydrogens (tertiary/aromatic N) is 1. The predicted octanol–water partition coefficient (Wildman–Crippen LogP) is 2.58. The van der Waals surface area contributed by atoms with Gasteiger partial charge in [0.2, 0.25) is 11.8 Å². The molecule has 1 unspecified atom stereocenters. The molecule has 1 aromatic carbocycles. The Morgan fingerprint density at radius 3 is 2.75 bits per heavy atom. The molecule has 2 heterocycles. The van der Waals surface area contributed by atoms with Gasteiger partial charge in [-0.15, -0.1) is 0 Å². The first-order valence-corrected chi connectivity index (χ1v) is 8.01. The van der Waals surface area contributed by atoms with E-state index in [1.54, 1.807) is 11.8 Å². The van der Waals surface area contributed by atoms with Crippen molar-refractivity contribution in [2.45, 2.75) is 12.8 Å². The second kappa shape index (κ2) is 5.44. The van der Waals surface area contributed by atoms with Crippen LogP contribution in [0.1, 0.15) is 18.4 Å². The fourth-order valence-corrected chi connectivity index (χ4v) is 4.26. The molecule has 0 radical (unpaired) electrons. The Hall–Kier alpha value is -1.55. The number of carbonyl (C=O) groups is 2. The average Bonchev–Trinajstić information content (AvgIpc) is 3.01. The maximum absolute atomic E-state index is 12.4. The van der Waals surface area contributed by atoms with E-state index in [-0.39, 0.29) is 17.2 Å². The van der Waals surface area contributed by atoms with Gasteiger partial charge in [0.25, 0.3) is 0 Å². The number of imide groups is 1. The van der Waals surface area contributed by atoms with E-state index in [4.69, 9.17) is 0 Å². The van der Waals surface area contributed by atoms with E-state index in [0.717, 1.165) is 23.5 Å². The molecule has 0 aromatic heterocycles. The van der Waals surface area contributed by atoms with E-state index in [0.29, 0.717) is 13.0 Å². The number of thioether (sulfide) groups is 1. The van der Waals surface area contributed by atoms with Crippen LogP contribution in [0.4, 0.5) is 0 Å². The molecule has 0 bridgehead atoms. The Kier molecular flexibility index (Phi) is 3.66. The van der Waals surface area contributed by atoms with Crippen LogP contribution in [-0.4, -0.2) is 34.8 Å². The van der Waals surface area contributed by atoms with Crippen molar-refractivity contribution in [1.82, 2.24) is 4.90 Å². The largest absolute Gasteiger partial charge is 0.278 e. The number of rotatable bonds is 3. The minimum absolute atomic E-state index is 0.0183. The van der Waals surface area contributed by atoms with Crippen molar-refractivity contribution in [1.29, 1.82) is 0 Å². The van der Waals surface area contributed by atoms with Gasteiger partial charge < -0.3 is 0 Å². The van der Waals surface area contributed by atoms with Crippen LogP contribution in [0.25, 0.3) is 6.08 Å². The second-order valence-electron chi connectivity index (χ2n) is 5.38. The number of amides is 2. The lowest BCUT2D eigenvalue weighted by molar-refractivity contribution is -0.140. The molecule has 1 atom stereocenters. The Balaban J connectivity index is 1.67. The molecule has 1 spiro atoms. The van der Waals surface area contributed by atoms with Gasteiger partial charge in [-0.2, -0.15) is 11.8 Å². The van der Waals surface area contributed by atoms with Crippen molar-refractivity contribution < 1.29 is 9.59 Å². The first kappa shape index (κ1) is 13.4. The van der Waals surface area contributed by atoms with Crippen molar-refractivity contribution in [3.63, 3.8) is 0 Å². The van der Waals surface area contributed by atoms with Crippen molar-refractivity contribution >= 4 is 29.7 Å². The van der Waals surface area contributed by atoms with Gasteiger partial charge in [0.1, 0.15) is 0 Å². The van der Waals surface area contributed by atoms with Crippen LogP contribution >= 0.6 is 11.8 Å². The highest BCUT2D eigenvalue weighted by molar-refractivity contribution is 7.99. The monoisotopic (exact) mass is 287 g/mol. The number of likely N-dealkylation sites (tertiary alicyclic amines) is 1. The van der Waals surface area contributed by atoms with Crippen LogP contribution in [0, 0.1) is 5.41 Å². The normalized spacial score (nSPS) is 26.3. The lowest BCUT2D eigenvalue weighted by atomic mass is 9.86. The molecular formula is C16H17NO2S. The first-order chi connectivity index (χ1) is 9.71. The van der Waals surface area contributed by atoms with Crippen LogP contribution in [0.2, 0.25) is 0 Å². The summed E-state index contributed by atoms with van der Waals surface area (Å²) in [6, 6.07) is 9.90. The minimum Gasteiger partial charge on any atom is -0.278 e. The summed E-state index contributed by atoms with van der Waals surface area (Å²) in [6.45, 7) is 0.388. The molecule has 3 nitrogen and oxygen atoms in total. The lowest BCUT2D eigenvalue weighted by Gasteiger charge is -2.19. The molecular weight excluding hydrogens is 270 g/mol. The van der Waals surface area contributed by atoms with E-state index in [9.17, 15) is 9.59 Å². The smallest absolute Gasteiger partial charge is 0.237 e. The lowest BCUT2D eigenvalue weighted by Crippen LogP contribution is -2.35. The molecule has 0 saturated carbocycles. The van der Waals surface area contributed by atoms with Gasteiger partial charge in [-0.25, -0.2) is 0 Å². The Bertz CT molecular complexity index is 547. The first-order valence-electron chi connectivity index (χ1n) is 6.85. The van der Waals surface area contributed by atoms with E-state index in [1.807, 2.05) is 42.5 Å². The maximum atomic E-state index is 12.4. The summed E-state index contributed by atoms with van der Waals surface area (Å²) in [4.78, 5) is 25.9. The molecule has 2 aliphatic heterocycles. The summed E-state index contributed by atoms with van der Waals surface area (Å²) in [6.07, 6.45) is 5.10. The van der Waals surface area contributed by atoms with Gasteiger partial charge in [0, 0.05) is 18.7 Å². The van der Waals surface area contributed by atoms with Gasteiger partial charge in [-0.3, -0.25) is 14.5 Å². The van der Waals surface area contributed by atoms with Crippen molar-refractivity contribution in [3.05, 3.63) is 42.0 Å². The van der Waals surface area contributed by atoms with Gasteiger partial charge in [-0.05, 0) is 17.7 Å². The van der Waals surface area contributed by atoms with Crippen molar-refractivity contribution in [3.8, 4) is 0 Å². The maximum Gasteiger partial charge on any atom is 0.237 e. The predicted molar refractivity (Wildman–Crippen MR) is 81.2 cm³/mol. The van der Waals surface area contributed by atoms with Gasteiger partial charge in [0.05, 0.1) is 5.41 Å². The summed E-state index contributed by atoms with van der Waals surface area (Å²) >= 11 is 1.78. The van der Waals surface area contributed by atoms with Gasteiger partial charge >= 0.3 is 0 Å². The third kappa shape index (κ3) is 2.40. The molecule has 2 fully saturated rings. The minimum atomic E-state index is -0.387. The van der Waals surface area contributed by atoms with Crippen LogP contribution < -0.4 is 0 Å². The topological polar surface area (TPSA) is 37.4 Å². The summed E-state index contributed by atoms with van der Waals surface area (Å²) < 4.78 is 0. The molecule has 2 amide bonds. The van der Waals surface area contributed by atoms with E-state index >= 15 is 0 Å². The fourth-order valence-electron chi connectivity index (χ4n) is 2.82. The highest BCUT2D eigenvalue weighted by Gasteiger charge is 2.52. The molecule has 20 heavy (non-hydrogen) atoms. The molecule has 2 aliphatic rings. The molecule has 3 rings (SSSR count). The molecule has 104 valence electrons. The van der Waals surface area contributed by atoms with E-state index < -0.39 is 0 Å². The molecule has 0 aliphatic carbocycles. The van der Waals surface area contributed by atoms with Crippen molar-refractivity contribution in [2.75, 3.05) is 18.1 Å². The number of hydrogen-bond acceptors (Lipinski definition) is 3. The number of hydrogen-bond donors (Lipinski definition) is 0. The Morgan fingerprint density at radius 2 is 2.05 bits per heavy atom. The quantitative estimate of drug-likeness (QED) is 0.802. The highest BCUT2D eigenvalue weighted by Crippen LogP contribution is 2.44. The van der Waals surface area contributed by atoms with Crippen LogP contribution in [0.15, 0.2) is 36.4 Å². The Labute approximate surface area is 123 Å². The zero-order chi connectivity index (χ0) is 14.0. The standard InChI is InChI=1S/C16H17NO2S/c18-14-11-16(8-10-20-12-16)15(19)17(14)9-4-7-13-5-2-1-3-6-13/h1-7H,8-12H2. The zero-order valence-electron chi connectivity index (χ0n) is 11.2. The summed E-state index contributed by atoms with van der Waals surface area (Å²) in [5.41, 5.74) is 0.695. The third-order valence-corrected chi connectivity index (χ3v) is 5.24. The van der Waals surface area contributed by atoms with Gasteiger partial charge in [0.15, 0.2) is 0 Å². The molecule has 4 heteroatoms. The van der Waals surface area contributed by atoms with Gasteiger partial charge in [-0.1, -0.05) is 42.5 Å². The highest BCUT2D eigenvalue weighted by atomic mass is 32.2. The summed E-state index contributed by atoms with van der Waals surface area (Å²) in [5.74, 6) is 1.81. The average molecular weight is 287 g/mol. The van der Waals surface area contributed by atoms with Crippen molar-refractivity contribution in [2.24, 2.45) is 5.41 Å². The van der Waals surface area contributed by atoms with Crippen LogP contribution in [-0.2, 0) is 9.59 Å².